The lowest BCUT2D eigenvalue weighted by Crippen LogP contribution is -2.20. The Morgan fingerprint density at radius 3 is 2.44 bits per heavy atom. The molecule has 0 spiro atoms. The van der Waals surface area contributed by atoms with Crippen molar-refractivity contribution in [2.24, 2.45) is 11.8 Å². The number of methoxy groups -OCH3 is 1. The Hall–Kier alpha value is -1.38. The fourth-order valence-corrected chi connectivity index (χ4v) is 2.25. The topological polar surface area (TPSA) is 38.5 Å². The van der Waals surface area contributed by atoms with Crippen molar-refractivity contribution in [3.8, 4) is 5.75 Å². The summed E-state index contributed by atoms with van der Waals surface area (Å²) in [6.45, 7) is 6.75. The fraction of sp³-hybridized carbons (Fsp3) is 0.538. The van der Waals surface area contributed by atoms with E-state index < -0.39 is 0 Å². The number of nitrogens with zero attached hydrogens (tertiary/aromatic N) is 1. The van der Waals surface area contributed by atoms with Crippen LogP contribution in [0.5, 0.6) is 5.75 Å². The van der Waals surface area contributed by atoms with Gasteiger partial charge in [0.25, 0.3) is 0 Å². The van der Waals surface area contributed by atoms with Gasteiger partial charge in [-0.25, -0.2) is 0 Å². The van der Waals surface area contributed by atoms with Crippen LogP contribution in [0.4, 0.5) is 11.4 Å². The van der Waals surface area contributed by atoms with Crippen LogP contribution in [-0.4, -0.2) is 20.2 Å². The zero-order valence-corrected chi connectivity index (χ0v) is 10.2. The summed E-state index contributed by atoms with van der Waals surface area (Å²) in [4.78, 5) is 2.35. The average molecular weight is 220 g/mol. The summed E-state index contributed by atoms with van der Waals surface area (Å²) in [6, 6.07) is 5.85. The first-order chi connectivity index (χ1) is 7.61. The maximum absolute atomic E-state index is 6.02. The number of rotatable bonds is 2. The van der Waals surface area contributed by atoms with Crippen molar-refractivity contribution in [2.45, 2.75) is 13.8 Å². The second-order valence-electron chi connectivity index (χ2n) is 4.78. The average Bonchev–Trinajstić information content (AvgIpc) is 2.60. The van der Waals surface area contributed by atoms with Crippen molar-refractivity contribution < 1.29 is 4.74 Å². The number of ether oxygens (including phenoxy) is 1. The molecule has 1 saturated heterocycles. The first-order valence-electron chi connectivity index (χ1n) is 5.80. The molecule has 2 unspecified atom stereocenters. The molecule has 1 aromatic carbocycles. The molecule has 0 bridgehead atoms. The Labute approximate surface area is 97.2 Å². The standard InChI is InChI=1S/C13H20N2O/c1-9-7-15(8-10(9)2)13-6-11(16-3)4-5-12(13)14/h4-6,9-10H,7-8,14H2,1-3H3. The SMILES string of the molecule is COc1ccc(N)c(N2CC(C)C(C)C2)c1. The van der Waals surface area contributed by atoms with Crippen molar-refractivity contribution in [3.63, 3.8) is 0 Å². The first-order valence-corrected chi connectivity index (χ1v) is 5.80. The second kappa shape index (κ2) is 4.24. The summed E-state index contributed by atoms with van der Waals surface area (Å²) in [6.07, 6.45) is 0. The summed E-state index contributed by atoms with van der Waals surface area (Å²) in [5.74, 6) is 2.33. The highest BCUT2D eigenvalue weighted by Gasteiger charge is 2.27. The lowest BCUT2D eigenvalue weighted by atomic mass is 10.0. The van der Waals surface area contributed by atoms with E-state index in [-0.39, 0.29) is 0 Å². The minimum Gasteiger partial charge on any atom is -0.497 e. The van der Waals surface area contributed by atoms with Crippen LogP contribution in [0.3, 0.4) is 0 Å². The van der Waals surface area contributed by atoms with Gasteiger partial charge in [-0.2, -0.15) is 0 Å². The lowest BCUT2D eigenvalue weighted by molar-refractivity contribution is 0.415. The molecule has 0 saturated carbocycles. The smallest absolute Gasteiger partial charge is 0.121 e. The molecule has 1 fully saturated rings. The van der Waals surface area contributed by atoms with Gasteiger partial charge in [-0.05, 0) is 24.0 Å². The van der Waals surface area contributed by atoms with E-state index in [0.717, 1.165) is 42.0 Å². The maximum atomic E-state index is 6.02. The number of hydrogen-bond donors (Lipinski definition) is 1. The Balaban J connectivity index is 2.26. The number of benzene rings is 1. The van der Waals surface area contributed by atoms with Crippen LogP contribution in [0.2, 0.25) is 0 Å². The summed E-state index contributed by atoms with van der Waals surface area (Å²) < 4.78 is 5.24. The highest BCUT2D eigenvalue weighted by atomic mass is 16.5. The summed E-state index contributed by atoms with van der Waals surface area (Å²) in [5.41, 5.74) is 7.96. The number of anilines is 2. The molecule has 1 aromatic rings. The van der Waals surface area contributed by atoms with Gasteiger partial charge in [0.15, 0.2) is 0 Å². The van der Waals surface area contributed by atoms with E-state index in [1.165, 1.54) is 0 Å². The van der Waals surface area contributed by atoms with Crippen LogP contribution in [0.25, 0.3) is 0 Å². The predicted molar refractivity (Wildman–Crippen MR) is 67.9 cm³/mol. The van der Waals surface area contributed by atoms with E-state index in [1.807, 2.05) is 18.2 Å². The summed E-state index contributed by atoms with van der Waals surface area (Å²) in [7, 11) is 1.69. The molecule has 1 heterocycles. The van der Waals surface area contributed by atoms with Gasteiger partial charge in [0, 0.05) is 19.2 Å². The molecule has 16 heavy (non-hydrogen) atoms. The van der Waals surface area contributed by atoms with Crippen LogP contribution in [0.1, 0.15) is 13.8 Å². The van der Waals surface area contributed by atoms with Gasteiger partial charge >= 0.3 is 0 Å². The Morgan fingerprint density at radius 2 is 1.88 bits per heavy atom. The third kappa shape index (κ3) is 1.94. The quantitative estimate of drug-likeness (QED) is 0.778. The molecule has 0 radical (unpaired) electrons. The van der Waals surface area contributed by atoms with Gasteiger partial charge in [0.05, 0.1) is 18.5 Å². The molecule has 0 aromatic heterocycles. The van der Waals surface area contributed by atoms with Gasteiger partial charge in [-0.15, -0.1) is 0 Å². The molecule has 0 aliphatic carbocycles. The summed E-state index contributed by atoms with van der Waals surface area (Å²) in [5, 5.41) is 0. The Morgan fingerprint density at radius 1 is 1.25 bits per heavy atom. The zero-order valence-electron chi connectivity index (χ0n) is 10.2. The van der Waals surface area contributed by atoms with E-state index in [1.54, 1.807) is 7.11 Å². The molecule has 1 aliphatic rings. The number of nitrogen functional groups attached to an aromatic ring is 1. The van der Waals surface area contributed by atoms with Gasteiger partial charge in [0.2, 0.25) is 0 Å². The van der Waals surface area contributed by atoms with Gasteiger partial charge in [0.1, 0.15) is 5.75 Å². The minimum atomic E-state index is 0.727. The zero-order chi connectivity index (χ0) is 11.7. The lowest BCUT2D eigenvalue weighted by Gasteiger charge is -2.21. The molecule has 2 rings (SSSR count). The molecule has 2 atom stereocenters. The van der Waals surface area contributed by atoms with Gasteiger partial charge in [-0.3, -0.25) is 0 Å². The van der Waals surface area contributed by atoms with E-state index in [2.05, 4.69) is 18.7 Å². The Kier molecular flexibility index (Phi) is 2.95. The normalized spacial score (nSPS) is 24.8. The molecular weight excluding hydrogens is 200 g/mol. The van der Waals surface area contributed by atoms with Crippen molar-refractivity contribution in [2.75, 3.05) is 30.8 Å². The first kappa shape index (κ1) is 11.1. The van der Waals surface area contributed by atoms with E-state index in [9.17, 15) is 0 Å². The molecule has 1 aliphatic heterocycles. The third-order valence-corrected chi connectivity index (χ3v) is 3.57. The largest absolute Gasteiger partial charge is 0.497 e. The summed E-state index contributed by atoms with van der Waals surface area (Å²) >= 11 is 0. The maximum Gasteiger partial charge on any atom is 0.121 e. The molecule has 2 N–H and O–H groups in total. The second-order valence-corrected chi connectivity index (χ2v) is 4.78. The Bertz CT molecular complexity index is 368. The van der Waals surface area contributed by atoms with Crippen LogP contribution in [-0.2, 0) is 0 Å². The van der Waals surface area contributed by atoms with Crippen LogP contribution >= 0.6 is 0 Å². The fourth-order valence-electron chi connectivity index (χ4n) is 2.25. The van der Waals surface area contributed by atoms with Crippen molar-refractivity contribution in [3.05, 3.63) is 18.2 Å². The predicted octanol–water partition coefficient (Wildman–Crippen LogP) is 2.37. The van der Waals surface area contributed by atoms with E-state index in [0.29, 0.717) is 0 Å². The molecular formula is C13H20N2O. The third-order valence-electron chi connectivity index (χ3n) is 3.57. The molecule has 0 amide bonds. The van der Waals surface area contributed by atoms with Gasteiger partial charge < -0.3 is 15.4 Å². The molecule has 88 valence electrons. The molecule has 3 heteroatoms. The number of nitrogens with two attached hydrogens (primary N) is 1. The minimum absolute atomic E-state index is 0.727. The van der Waals surface area contributed by atoms with Crippen LogP contribution in [0.15, 0.2) is 18.2 Å². The highest BCUT2D eigenvalue weighted by molar-refractivity contribution is 5.70. The van der Waals surface area contributed by atoms with Crippen LogP contribution < -0.4 is 15.4 Å². The van der Waals surface area contributed by atoms with Gasteiger partial charge in [-0.1, -0.05) is 13.8 Å². The van der Waals surface area contributed by atoms with Crippen molar-refractivity contribution in [1.82, 2.24) is 0 Å². The van der Waals surface area contributed by atoms with E-state index in [4.69, 9.17) is 10.5 Å². The van der Waals surface area contributed by atoms with E-state index >= 15 is 0 Å². The van der Waals surface area contributed by atoms with Crippen LogP contribution in [0, 0.1) is 11.8 Å². The van der Waals surface area contributed by atoms with Crippen molar-refractivity contribution >= 4 is 11.4 Å². The van der Waals surface area contributed by atoms with Crippen molar-refractivity contribution in [1.29, 1.82) is 0 Å². The number of hydrogen-bond acceptors (Lipinski definition) is 3. The highest BCUT2D eigenvalue weighted by Crippen LogP contribution is 2.33. The monoisotopic (exact) mass is 220 g/mol. The molecule has 3 nitrogen and oxygen atoms in total.